The van der Waals surface area contributed by atoms with E-state index < -0.39 is 0 Å². The minimum absolute atomic E-state index is 0.541. The maximum absolute atomic E-state index is 4.16. The average Bonchev–Trinajstić information content (AvgIpc) is 2.53. The van der Waals surface area contributed by atoms with Gasteiger partial charge in [-0.2, -0.15) is 0 Å². The normalized spacial score (nSPS) is 15.5. The molecule has 4 rings (SSSR count). The Morgan fingerprint density at radius 1 is 1.09 bits per heavy atom. The number of hydrogen-bond donors (Lipinski definition) is 1. The molecule has 0 amide bonds. The molecule has 1 aliphatic heterocycles. The fraction of sp³-hybridized carbons (Fsp3) is 0.250. The van der Waals surface area contributed by atoms with E-state index in [-0.39, 0.29) is 0 Å². The maximum Gasteiger partial charge on any atom is 0.0515 e. The summed E-state index contributed by atoms with van der Waals surface area (Å²) in [4.78, 5) is 6.64. The second kappa shape index (κ2) is 6.01. The van der Waals surface area contributed by atoms with Crippen molar-refractivity contribution in [1.82, 2.24) is 9.88 Å². The van der Waals surface area contributed by atoms with Crippen molar-refractivity contribution < 1.29 is 0 Å². The van der Waals surface area contributed by atoms with Crippen LogP contribution in [0.5, 0.6) is 0 Å². The van der Waals surface area contributed by atoms with E-state index in [4.69, 9.17) is 0 Å². The molecule has 0 aliphatic carbocycles. The van der Waals surface area contributed by atoms with Crippen molar-refractivity contribution in [2.45, 2.75) is 19.5 Å². The van der Waals surface area contributed by atoms with Gasteiger partial charge in [0.15, 0.2) is 0 Å². The van der Waals surface area contributed by atoms with Crippen LogP contribution in [0.15, 0.2) is 60.9 Å². The van der Waals surface area contributed by atoms with E-state index in [2.05, 4.69) is 70.7 Å². The summed E-state index contributed by atoms with van der Waals surface area (Å²) in [6.07, 6.45) is 3.76. The first kappa shape index (κ1) is 14.2. The van der Waals surface area contributed by atoms with Gasteiger partial charge >= 0.3 is 0 Å². The molecule has 1 N–H and O–H groups in total. The van der Waals surface area contributed by atoms with E-state index in [1.807, 2.05) is 12.4 Å². The largest absolute Gasteiger partial charge is 0.380 e. The number of rotatable bonds is 4. The van der Waals surface area contributed by atoms with Crippen molar-refractivity contribution in [3.8, 4) is 0 Å². The van der Waals surface area contributed by atoms with Gasteiger partial charge in [0.25, 0.3) is 0 Å². The number of nitrogens with one attached hydrogen (secondary N) is 1. The van der Waals surface area contributed by atoms with Crippen molar-refractivity contribution in [3.05, 3.63) is 72.1 Å². The molecular formula is C20H21N3. The summed E-state index contributed by atoms with van der Waals surface area (Å²) in [7, 11) is 0. The molecule has 1 saturated heterocycles. The smallest absolute Gasteiger partial charge is 0.0515 e. The monoisotopic (exact) mass is 303 g/mol. The molecular weight excluding hydrogens is 282 g/mol. The lowest BCUT2D eigenvalue weighted by Gasteiger charge is -2.40. The van der Waals surface area contributed by atoms with Gasteiger partial charge in [0.1, 0.15) is 0 Å². The fourth-order valence-electron chi connectivity index (χ4n) is 3.27. The summed E-state index contributed by atoms with van der Waals surface area (Å²) in [6, 6.07) is 17.9. The molecule has 0 spiro atoms. The lowest BCUT2D eigenvalue weighted by molar-refractivity contribution is 0.153. The predicted molar refractivity (Wildman–Crippen MR) is 95.6 cm³/mol. The van der Waals surface area contributed by atoms with Crippen LogP contribution in [-0.4, -0.2) is 29.0 Å². The molecule has 2 aromatic carbocycles. The minimum atomic E-state index is 0.541. The predicted octanol–water partition coefficient (Wildman–Crippen LogP) is 3.84. The SMILES string of the molecule is Cc1cccc(CN2CC(Nc3ccc4cnccc4c3)C2)c1. The quantitative estimate of drug-likeness (QED) is 0.794. The van der Waals surface area contributed by atoms with Crippen molar-refractivity contribution in [1.29, 1.82) is 0 Å². The van der Waals surface area contributed by atoms with Crippen LogP contribution in [0.1, 0.15) is 11.1 Å². The molecule has 1 aromatic heterocycles. The van der Waals surface area contributed by atoms with Crippen LogP contribution in [0.4, 0.5) is 5.69 Å². The van der Waals surface area contributed by atoms with Crippen LogP contribution in [0.2, 0.25) is 0 Å². The van der Waals surface area contributed by atoms with Crippen molar-refractivity contribution in [3.63, 3.8) is 0 Å². The molecule has 23 heavy (non-hydrogen) atoms. The number of likely N-dealkylation sites (tertiary alicyclic amines) is 1. The molecule has 0 unspecified atom stereocenters. The van der Waals surface area contributed by atoms with Crippen LogP contribution in [0.3, 0.4) is 0 Å². The Morgan fingerprint density at radius 3 is 2.87 bits per heavy atom. The lowest BCUT2D eigenvalue weighted by atomic mass is 10.1. The second-order valence-corrected chi connectivity index (χ2v) is 6.46. The Bertz CT molecular complexity index is 822. The summed E-state index contributed by atoms with van der Waals surface area (Å²) >= 11 is 0. The van der Waals surface area contributed by atoms with Gasteiger partial charge in [-0.15, -0.1) is 0 Å². The first-order valence-corrected chi connectivity index (χ1v) is 8.14. The topological polar surface area (TPSA) is 28.2 Å². The van der Waals surface area contributed by atoms with E-state index in [9.17, 15) is 0 Å². The van der Waals surface area contributed by atoms with Gasteiger partial charge in [0.2, 0.25) is 0 Å². The molecule has 0 bridgehead atoms. The van der Waals surface area contributed by atoms with Crippen LogP contribution >= 0.6 is 0 Å². The summed E-state index contributed by atoms with van der Waals surface area (Å²) < 4.78 is 0. The van der Waals surface area contributed by atoms with Gasteiger partial charge in [-0.3, -0.25) is 9.88 Å². The highest BCUT2D eigenvalue weighted by Gasteiger charge is 2.26. The summed E-state index contributed by atoms with van der Waals surface area (Å²) in [6.45, 7) is 5.40. The molecule has 1 aliphatic rings. The third-order valence-corrected chi connectivity index (χ3v) is 4.46. The van der Waals surface area contributed by atoms with E-state index in [1.54, 1.807) is 0 Å². The van der Waals surface area contributed by atoms with Crippen molar-refractivity contribution >= 4 is 16.5 Å². The molecule has 3 nitrogen and oxygen atoms in total. The van der Waals surface area contributed by atoms with Gasteiger partial charge in [0.05, 0.1) is 6.04 Å². The first-order valence-electron chi connectivity index (χ1n) is 8.14. The average molecular weight is 303 g/mol. The number of aryl methyl sites for hydroxylation is 1. The lowest BCUT2D eigenvalue weighted by Crippen LogP contribution is -2.53. The molecule has 2 heterocycles. The number of fused-ring (bicyclic) bond motifs is 1. The highest BCUT2D eigenvalue weighted by molar-refractivity contribution is 5.84. The highest BCUT2D eigenvalue weighted by atomic mass is 15.2. The van der Waals surface area contributed by atoms with Gasteiger partial charge in [0, 0.05) is 43.1 Å². The van der Waals surface area contributed by atoms with Crippen LogP contribution in [0.25, 0.3) is 10.8 Å². The number of anilines is 1. The molecule has 3 aromatic rings. The molecule has 1 fully saturated rings. The van der Waals surface area contributed by atoms with E-state index in [0.29, 0.717) is 6.04 Å². The molecule has 3 heteroatoms. The number of benzene rings is 2. The van der Waals surface area contributed by atoms with Gasteiger partial charge in [-0.1, -0.05) is 35.9 Å². The minimum Gasteiger partial charge on any atom is -0.380 e. The van der Waals surface area contributed by atoms with Crippen LogP contribution < -0.4 is 5.32 Å². The number of nitrogens with zero attached hydrogens (tertiary/aromatic N) is 2. The molecule has 0 radical (unpaired) electrons. The Labute approximate surface area is 137 Å². The zero-order chi connectivity index (χ0) is 15.6. The summed E-state index contributed by atoms with van der Waals surface area (Å²) in [5, 5.41) is 6.06. The zero-order valence-corrected chi connectivity index (χ0v) is 13.4. The van der Waals surface area contributed by atoms with Crippen LogP contribution in [-0.2, 0) is 6.54 Å². The van der Waals surface area contributed by atoms with Crippen molar-refractivity contribution in [2.75, 3.05) is 18.4 Å². The molecule has 116 valence electrons. The van der Waals surface area contributed by atoms with Gasteiger partial charge in [-0.05, 0) is 36.1 Å². The second-order valence-electron chi connectivity index (χ2n) is 6.46. The Balaban J connectivity index is 1.34. The van der Waals surface area contributed by atoms with Crippen molar-refractivity contribution in [2.24, 2.45) is 0 Å². The fourth-order valence-corrected chi connectivity index (χ4v) is 3.27. The third-order valence-electron chi connectivity index (χ3n) is 4.46. The summed E-state index contributed by atoms with van der Waals surface area (Å²) in [5.74, 6) is 0. The standard InChI is InChI=1S/C20H21N3/c1-15-3-2-4-16(9-15)12-23-13-20(14-23)22-19-6-5-18-11-21-8-7-17(18)10-19/h2-11,20,22H,12-14H2,1H3. The molecule has 0 atom stereocenters. The Hall–Kier alpha value is -2.39. The number of aromatic nitrogens is 1. The number of pyridine rings is 1. The first-order chi connectivity index (χ1) is 11.3. The number of hydrogen-bond acceptors (Lipinski definition) is 3. The zero-order valence-electron chi connectivity index (χ0n) is 13.4. The third kappa shape index (κ3) is 3.20. The van der Waals surface area contributed by atoms with E-state index in [0.717, 1.165) is 19.6 Å². The summed E-state index contributed by atoms with van der Waals surface area (Å²) in [5.41, 5.74) is 3.94. The maximum atomic E-state index is 4.16. The van der Waals surface area contributed by atoms with Crippen LogP contribution in [0, 0.1) is 6.92 Å². The van der Waals surface area contributed by atoms with E-state index >= 15 is 0 Å². The Kier molecular flexibility index (Phi) is 3.72. The molecule has 0 saturated carbocycles. The van der Waals surface area contributed by atoms with Gasteiger partial charge in [-0.25, -0.2) is 0 Å². The Morgan fingerprint density at radius 2 is 2.00 bits per heavy atom. The van der Waals surface area contributed by atoms with E-state index in [1.165, 1.54) is 27.6 Å². The highest BCUT2D eigenvalue weighted by Crippen LogP contribution is 2.22. The van der Waals surface area contributed by atoms with Gasteiger partial charge < -0.3 is 5.32 Å².